The zero-order valence-electron chi connectivity index (χ0n) is 19.2. The van der Waals surface area contributed by atoms with Gasteiger partial charge in [-0.05, 0) is 56.5 Å². The molecule has 0 unspecified atom stereocenters. The second-order valence-corrected chi connectivity index (χ2v) is 7.65. The molecule has 8 nitrogen and oxygen atoms in total. The van der Waals surface area contributed by atoms with Crippen molar-refractivity contribution in [3.05, 3.63) is 59.5 Å². The number of likely N-dealkylation sites (tertiary alicyclic amines) is 1. The lowest BCUT2D eigenvalue weighted by Gasteiger charge is -2.33. The Morgan fingerprint density at radius 3 is 2.61 bits per heavy atom. The molecule has 0 bridgehead atoms. The molecule has 0 aliphatic carbocycles. The van der Waals surface area contributed by atoms with E-state index >= 15 is 0 Å². The average molecular weight is 568 g/mol. The minimum absolute atomic E-state index is 0. The molecule has 1 aliphatic heterocycles. The summed E-state index contributed by atoms with van der Waals surface area (Å²) in [5, 5.41) is 6.20. The summed E-state index contributed by atoms with van der Waals surface area (Å²) in [5.41, 5.74) is 1.54. The molecule has 0 radical (unpaired) electrons. The summed E-state index contributed by atoms with van der Waals surface area (Å²) in [6, 6.07) is 11.1. The number of halogens is 1. The molecule has 0 saturated carbocycles. The predicted molar refractivity (Wildman–Crippen MR) is 137 cm³/mol. The van der Waals surface area contributed by atoms with Gasteiger partial charge in [-0.2, -0.15) is 0 Å². The van der Waals surface area contributed by atoms with Gasteiger partial charge in [0.05, 0.1) is 31.9 Å². The van der Waals surface area contributed by atoms with Gasteiger partial charge in [0, 0.05) is 25.2 Å². The summed E-state index contributed by atoms with van der Waals surface area (Å²) in [7, 11) is 0. The van der Waals surface area contributed by atoms with E-state index in [0.29, 0.717) is 31.0 Å². The third-order valence-corrected chi connectivity index (χ3v) is 5.35. The van der Waals surface area contributed by atoms with Crippen molar-refractivity contribution < 1.29 is 18.7 Å². The first-order valence-corrected chi connectivity index (χ1v) is 11.2. The number of aliphatic imine (C=N–C) groups is 1. The fraction of sp³-hybridized carbons (Fsp3) is 0.458. The van der Waals surface area contributed by atoms with Gasteiger partial charge < -0.3 is 24.7 Å². The summed E-state index contributed by atoms with van der Waals surface area (Å²) in [4.78, 5) is 31.4. The molecule has 2 aromatic rings. The Balaban J connectivity index is 0.00000385. The molecule has 1 aliphatic rings. The summed E-state index contributed by atoms with van der Waals surface area (Å²) in [5.74, 6) is 1.24. The number of furan rings is 1. The number of piperidine rings is 1. The van der Waals surface area contributed by atoms with Crippen LogP contribution in [0.5, 0.6) is 0 Å². The second-order valence-electron chi connectivity index (χ2n) is 7.65. The first kappa shape index (κ1) is 26.7. The molecule has 2 N–H and O–H groups in total. The molecule has 2 heterocycles. The Labute approximate surface area is 212 Å². The lowest BCUT2D eigenvalue weighted by molar-refractivity contribution is -0.149. The molecule has 1 aromatic carbocycles. The van der Waals surface area contributed by atoms with E-state index in [1.165, 1.54) is 0 Å². The van der Waals surface area contributed by atoms with Crippen molar-refractivity contribution in [2.75, 3.05) is 26.2 Å². The fourth-order valence-electron chi connectivity index (χ4n) is 3.67. The number of hydrogen-bond donors (Lipinski definition) is 2. The van der Waals surface area contributed by atoms with E-state index in [2.05, 4.69) is 15.5 Å². The van der Waals surface area contributed by atoms with E-state index in [1.54, 1.807) is 18.4 Å². The van der Waals surface area contributed by atoms with Crippen molar-refractivity contribution in [2.24, 2.45) is 10.9 Å². The van der Waals surface area contributed by atoms with Crippen LogP contribution in [0.3, 0.4) is 0 Å². The van der Waals surface area contributed by atoms with E-state index in [1.807, 2.05) is 38.1 Å². The van der Waals surface area contributed by atoms with Crippen molar-refractivity contribution in [3.63, 3.8) is 0 Å². The van der Waals surface area contributed by atoms with Crippen LogP contribution in [0.25, 0.3) is 0 Å². The number of amides is 1. The van der Waals surface area contributed by atoms with Gasteiger partial charge in [0.1, 0.15) is 5.76 Å². The van der Waals surface area contributed by atoms with Crippen molar-refractivity contribution in [1.29, 1.82) is 0 Å². The van der Waals surface area contributed by atoms with Crippen LogP contribution in [0, 0.1) is 5.92 Å². The fourth-order valence-corrected chi connectivity index (χ4v) is 3.67. The molecular weight excluding hydrogens is 535 g/mol. The number of carbonyl (C=O) groups is 2. The molecule has 1 saturated heterocycles. The number of guanidine groups is 1. The summed E-state index contributed by atoms with van der Waals surface area (Å²) in [6.45, 7) is 7.36. The molecule has 1 aromatic heterocycles. The highest BCUT2D eigenvalue weighted by atomic mass is 127. The van der Waals surface area contributed by atoms with E-state index < -0.39 is 0 Å². The van der Waals surface area contributed by atoms with Gasteiger partial charge in [0.15, 0.2) is 5.96 Å². The summed E-state index contributed by atoms with van der Waals surface area (Å²) >= 11 is 0. The topological polar surface area (TPSA) is 96.2 Å². The number of benzene rings is 1. The van der Waals surface area contributed by atoms with Gasteiger partial charge in [0.25, 0.3) is 5.91 Å². The number of hydrogen-bond acceptors (Lipinski definition) is 5. The number of esters is 1. The quantitative estimate of drug-likeness (QED) is 0.219. The summed E-state index contributed by atoms with van der Waals surface area (Å²) < 4.78 is 10.4. The monoisotopic (exact) mass is 568 g/mol. The van der Waals surface area contributed by atoms with Crippen molar-refractivity contribution in [3.8, 4) is 0 Å². The Morgan fingerprint density at radius 2 is 1.94 bits per heavy atom. The molecule has 9 heteroatoms. The van der Waals surface area contributed by atoms with Gasteiger partial charge in [-0.3, -0.25) is 9.59 Å². The van der Waals surface area contributed by atoms with Crippen molar-refractivity contribution >= 4 is 41.8 Å². The molecule has 3 rings (SSSR count). The number of carbonyl (C=O) groups excluding carboxylic acids is 2. The lowest BCUT2D eigenvalue weighted by Crippen LogP contribution is -2.46. The van der Waals surface area contributed by atoms with Crippen LogP contribution in [0.1, 0.15) is 48.4 Å². The van der Waals surface area contributed by atoms with Gasteiger partial charge >= 0.3 is 5.97 Å². The number of nitrogens with zero attached hydrogens (tertiary/aromatic N) is 2. The highest BCUT2D eigenvalue weighted by molar-refractivity contribution is 14.0. The molecule has 33 heavy (non-hydrogen) atoms. The lowest BCUT2D eigenvalue weighted by atomic mass is 9.97. The standard InChI is InChI=1S/C24H32N4O4.HI/c1-3-25-24(28-12-10-19(11-13-28)23(30)31-4-2)27-16-18-7-5-8-20(15-18)22(29)26-17-21-9-6-14-32-21;/h5-9,14-15,19H,3-4,10-13,16-17H2,1-2H3,(H,25,27)(H,26,29);1H. The minimum Gasteiger partial charge on any atom is -0.467 e. The van der Waals surface area contributed by atoms with Crippen LogP contribution in [-0.2, 0) is 22.6 Å². The van der Waals surface area contributed by atoms with E-state index in [0.717, 1.165) is 44.0 Å². The average Bonchev–Trinajstić information content (AvgIpc) is 3.34. The van der Waals surface area contributed by atoms with E-state index in [-0.39, 0.29) is 41.8 Å². The Bertz CT molecular complexity index is 909. The van der Waals surface area contributed by atoms with Crippen LogP contribution in [-0.4, -0.2) is 49.0 Å². The van der Waals surface area contributed by atoms with Crippen LogP contribution in [0.15, 0.2) is 52.1 Å². The molecular formula is C24H33IN4O4. The zero-order valence-corrected chi connectivity index (χ0v) is 21.5. The smallest absolute Gasteiger partial charge is 0.309 e. The molecule has 0 spiro atoms. The zero-order chi connectivity index (χ0) is 22.8. The second kappa shape index (κ2) is 13.9. The largest absolute Gasteiger partial charge is 0.467 e. The maximum Gasteiger partial charge on any atom is 0.309 e. The third kappa shape index (κ3) is 8.06. The van der Waals surface area contributed by atoms with Crippen LogP contribution >= 0.6 is 24.0 Å². The Morgan fingerprint density at radius 1 is 1.15 bits per heavy atom. The van der Waals surface area contributed by atoms with Crippen LogP contribution in [0.2, 0.25) is 0 Å². The number of rotatable bonds is 8. The molecule has 1 amide bonds. The first-order chi connectivity index (χ1) is 15.6. The predicted octanol–water partition coefficient (Wildman–Crippen LogP) is 3.57. The SMILES string of the molecule is CCNC(=NCc1cccc(C(=O)NCc2ccco2)c1)N1CCC(C(=O)OCC)CC1.I. The summed E-state index contributed by atoms with van der Waals surface area (Å²) in [6.07, 6.45) is 3.10. The van der Waals surface area contributed by atoms with Gasteiger partial charge in [-0.1, -0.05) is 12.1 Å². The van der Waals surface area contributed by atoms with Gasteiger partial charge in [0.2, 0.25) is 0 Å². The van der Waals surface area contributed by atoms with Crippen LogP contribution in [0.4, 0.5) is 0 Å². The highest BCUT2D eigenvalue weighted by Crippen LogP contribution is 2.19. The Hall–Kier alpha value is -2.56. The van der Waals surface area contributed by atoms with Gasteiger partial charge in [-0.25, -0.2) is 4.99 Å². The molecule has 1 fully saturated rings. The third-order valence-electron chi connectivity index (χ3n) is 5.35. The minimum atomic E-state index is -0.153. The van der Waals surface area contributed by atoms with Crippen molar-refractivity contribution in [1.82, 2.24) is 15.5 Å². The molecule has 0 atom stereocenters. The molecule has 180 valence electrons. The van der Waals surface area contributed by atoms with Crippen LogP contribution < -0.4 is 10.6 Å². The Kier molecular flexibility index (Phi) is 11.2. The first-order valence-electron chi connectivity index (χ1n) is 11.2. The highest BCUT2D eigenvalue weighted by Gasteiger charge is 2.27. The van der Waals surface area contributed by atoms with Gasteiger partial charge in [-0.15, -0.1) is 24.0 Å². The van der Waals surface area contributed by atoms with E-state index in [4.69, 9.17) is 14.1 Å². The van der Waals surface area contributed by atoms with E-state index in [9.17, 15) is 9.59 Å². The maximum absolute atomic E-state index is 12.5. The number of ether oxygens (including phenoxy) is 1. The normalized spacial score (nSPS) is 14.4. The maximum atomic E-state index is 12.5. The number of nitrogens with one attached hydrogen (secondary N) is 2. The van der Waals surface area contributed by atoms with Crippen molar-refractivity contribution in [2.45, 2.75) is 39.8 Å².